The van der Waals surface area contributed by atoms with Gasteiger partial charge in [-0.1, -0.05) is 0 Å². The molecule has 1 fully saturated rings. The topological polar surface area (TPSA) is 75.3 Å². The summed E-state index contributed by atoms with van der Waals surface area (Å²) >= 11 is 0. The first-order valence-corrected chi connectivity index (χ1v) is 7.28. The molecule has 1 saturated heterocycles. The summed E-state index contributed by atoms with van der Waals surface area (Å²) in [6, 6.07) is 3.34. The summed E-state index contributed by atoms with van der Waals surface area (Å²) in [5.74, 6) is -1.15. The number of rotatable bonds is 3. The van der Waals surface area contributed by atoms with Crippen LogP contribution in [0.25, 0.3) is 0 Å². The van der Waals surface area contributed by atoms with E-state index in [0.717, 1.165) is 18.4 Å². The standard InChI is InChI=1S/C11H13FN2O3S/c1-18(16,17)8-2-3-9(12)10(4-8)14-11(15)7-5-13-6-7/h2-4,7,13H,5-6H2,1H3,(H,14,15). The van der Waals surface area contributed by atoms with Gasteiger partial charge in [-0.05, 0) is 18.2 Å². The second-order valence-electron chi connectivity index (χ2n) is 4.26. The van der Waals surface area contributed by atoms with Crippen LogP contribution in [-0.4, -0.2) is 33.7 Å². The SMILES string of the molecule is CS(=O)(=O)c1ccc(F)c(NC(=O)C2CNC2)c1. The third-order valence-electron chi connectivity index (χ3n) is 2.78. The number of anilines is 1. The zero-order chi connectivity index (χ0) is 13.3. The third-order valence-corrected chi connectivity index (χ3v) is 3.89. The molecule has 98 valence electrons. The fourth-order valence-corrected chi connectivity index (χ4v) is 2.19. The van der Waals surface area contributed by atoms with E-state index in [0.29, 0.717) is 13.1 Å². The summed E-state index contributed by atoms with van der Waals surface area (Å²) in [7, 11) is -3.42. The van der Waals surface area contributed by atoms with Crippen molar-refractivity contribution in [3.8, 4) is 0 Å². The van der Waals surface area contributed by atoms with Gasteiger partial charge in [0.1, 0.15) is 5.82 Å². The normalized spacial score (nSPS) is 16.1. The number of sulfone groups is 1. The lowest BCUT2D eigenvalue weighted by molar-refractivity contribution is -0.121. The Kier molecular flexibility index (Phi) is 3.36. The molecule has 18 heavy (non-hydrogen) atoms. The van der Waals surface area contributed by atoms with Crippen LogP contribution in [0.4, 0.5) is 10.1 Å². The van der Waals surface area contributed by atoms with Crippen molar-refractivity contribution in [1.29, 1.82) is 0 Å². The van der Waals surface area contributed by atoms with Crippen LogP contribution in [0.15, 0.2) is 23.1 Å². The largest absolute Gasteiger partial charge is 0.323 e. The molecule has 5 nitrogen and oxygen atoms in total. The van der Waals surface area contributed by atoms with E-state index in [4.69, 9.17) is 0 Å². The van der Waals surface area contributed by atoms with Crippen LogP contribution in [0.2, 0.25) is 0 Å². The van der Waals surface area contributed by atoms with Gasteiger partial charge in [-0.15, -0.1) is 0 Å². The summed E-state index contributed by atoms with van der Waals surface area (Å²) < 4.78 is 36.2. The molecule has 0 bridgehead atoms. The predicted octanol–water partition coefficient (Wildman–Crippen LogP) is 0.387. The van der Waals surface area contributed by atoms with Crippen molar-refractivity contribution >= 4 is 21.4 Å². The Hall–Kier alpha value is -1.47. The highest BCUT2D eigenvalue weighted by Gasteiger charge is 2.25. The molecule has 0 spiro atoms. The monoisotopic (exact) mass is 272 g/mol. The van der Waals surface area contributed by atoms with Gasteiger partial charge in [-0.25, -0.2) is 12.8 Å². The van der Waals surface area contributed by atoms with Gasteiger partial charge in [-0.3, -0.25) is 4.79 Å². The minimum absolute atomic E-state index is 0.0223. The number of benzene rings is 1. The number of carbonyl (C=O) groups is 1. The van der Waals surface area contributed by atoms with Crippen molar-refractivity contribution in [3.63, 3.8) is 0 Å². The fourth-order valence-electron chi connectivity index (χ4n) is 1.54. The van der Waals surface area contributed by atoms with Crippen LogP contribution in [0.1, 0.15) is 0 Å². The Bertz CT molecular complexity index is 582. The summed E-state index contributed by atoms with van der Waals surface area (Å²) in [6.45, 7) is 1.11. The van der Waals surface area contributed by atoms with E-state index in [1.54, 1.807) is 0 Å². The van der Waals surface area contributed by atoms with Crippen LogP contribution in [0.5, 0.6) is 0 Å². The van der Waals surface area contributed by atoms with E-state index < -0.39 is 15.7 Å². The molecule has 0 unspecified atom stereocenters. The molecule has 1 amide bonds. The number of carbonyl (C=O) groups excluding carboxylic acids is 1. The van der Waals surface area contributed by atoms with Crippen LogP contribution in [-0.2, 0) is 14.6 Å². The van der Waals surface area contributed by atoms with E-state index in [-0.39, 0.29) is 22.4 Å². The van der Waals surface area contributed by atoms with Crippen molar-refractivity contribution in [3.05, 3.63) is 24.0 Å². The molecule has 1 heterocycles. The van der Waals surface area contributed by atoms with E-state index in [1.165, 1.54) is 6.07 Å². The summed E-state index contributed by atoms with van der Waals surface area (Å²) in [4.78, 5) is 11.6. The molecule has 0 aliphatic carbocycles. The van der Waals surface area contributed by atoms with E-state index in [1.807, 2.05) is 0 Å². The highest BCUT2D eigenvalue weighted by Crippen LogP contribution is 2.20. The minimum Gasteiger partial charge on any atom is -0.323 e. The van der Waals surface area contributed by atoms with Gasteiger partial charge in [0.2, 0.25) is 5.91 Å². The van der Waals surface area contributed by atoms with Crippen molar-refractivity contribution < 1.29 is 17.6 Å². The Balaban J connectivity index is 2.23. The molecule has 1 aromatic carbocycles. The van der Waals surface area contributed by atoms with Crippen molar-refractivity contribution in [2.45, 2.75) is 4.90 Å². The second-order valence-corrected chi connectivity index (χ2v) is 6.27. The van der Waals surface area contributed by atoms with Gasteiger partial charge < -0.3 is 10.6 Å². The number of hydrogen-bond acceptors (Lipinski definition) is 4. The maximum Gasteiger partial charge on any atom is 0.230 e. The first-order chi connectivity index (χ1) is 8.38. The van der Waals surface area contributed by atoms with Crippen molar-refractivity contribution in [2.24, 2.45) is 5.92 Å². The summed E-state index contributed by atoms with van der Waals surface area (Å²) in [5.41, 5.74) is -0.102. The Labute approximate surface area is 104 Å². The summed E-state index contributed by atoms with van der Waals surface area (Å²) in [5, 5.41) is 5.33. The predicted molar refractivity (Wildman–Crippen MR) is 64.5 cm³/mol. The lowest BCUT2D eigenvalue weighted by atomic mass is 10.0. The molecule has 1 aromatic rings. The zero-order valence-corrected chi connectivity index (χ0v) is 10.6. The Morgan fingerprint density at radius 1 is 1.44 bits per heavy atom. The molecule has 1 aliphatic rings. The molecule has 1 aliphatic heterocycles. The maximum atomic E-state index is 13.5. The highest BCUT2D eigenvalue weighted by molar-refractivity contribution is 7.90. The molecule has 0 aromatic heterocycles. The van der Waals surface area contributed by atoms with Crippen molar-refractivity contribution in [2.75, 3.05) is 24.7 Å². The van der Waals surface area contributed by atoms with Gasteiger partial charge in [0, 0.05) is 19.3 Å². The highest BCUT2D eigenvalue weighted by atomic mass is 32.2. The van der Waals surface area contributed by atoms with Crippen molar-refractivity contribution in [1.82, 2.24) is 5.32 Å². The average Bonchev–Trinajstić information content (AvgIpc) is 2.16. The number of nitrogens with one attached hydrogen (secondary N) is 2. The minimum atomic E-state index is -3.42. The lowest BCUT2D eigenvalue weighted by Crippen LogP contribution is -2.48. The number of hydrogen-bond donors (Lipinski definition) is 2. The number of halogens is 1. The van der Waals surface area contributed by atoms with Gasteiger partial charge in [0.05, 0.1) is 16.5 Å². The van der Waals surface area contributed by atoms with E-state index in [9.17, 15) is 17.6 Å². The summed E-state index contributed by atoms with van der Waals surface area (Å²) in [6.07, 6.45) is 1.03. The number of amides is 1. The Morgan fingerprint density at radius 2 is 2.11 bits per heavy atom. The molecule has 7 heteroatoms. The molecular weight excluding hydrogens is 259 g/mol. The zero-order valence-electron chi connectivity index (χ0n) is 9.73. The first-order valence-electron chi connectivity index (χ1n) is 5.39. The maximum absolute atomic E-state index is 13.5. The van der Waals surface area contributed by atoms with Crippen LogP contribution < -0.4 is 10.6 Å². The molecule has 0 saturated carbocycles. The lowest BCUT2D eigenvalue weighted by Gasteiger charge is -2.25. The Morgan fingerprint density at radius 3 is 2.61 bits per heavy atom. The van der Waals surface area contributed by atoms with Crippen LogP contribution >= 0.6 is 0 Å². The molecule has 2 N–H and O–H groups in total. The molecule has 0 radical (unpaired) electrons. The van der Waals surface area contributed by atoms with Crippen LogP contribution in [0.3, 0.4) is 0 Å². The molecule has 2 rings (SSSR count). The van der Waals surface area contributed by atoms with E-state index >= 15 is 0 Å². The quantitative estimate of drug-likeness (QED) is 0.780. The molecule has 0 atom stereocenters. The average molecular weight is 272 g/mol. The van der Waals surface area contributed by atoms with Gasteiger partial charge >= 0.3 is 0 Å². The van der Waals surface area contributed by atoms with E-state index in [2.05, 4.69) is 10.6 Å². The third kappa shape index (κ3) is 2.68. The molecular formula is C11H13FN2O3S. The van der Waals surface area contributed by atoms with Gasteiger partial charge in [0.15, 0.2) is 9.84 Å². The fraction of sp³-hybridized carbons (Fsp3) is 0.364. The first kappa shape index (κ1) is 13.0. The van der Waals surface area contributed by atoms with Crippen LogP contribution in [0, 0.1) is 11.7 Å². The smallest absolute Gasteiger partial charge is 0.230 e. The van der Waals surface area contributed by atoms with Gasteiger partial charge in [-0.2, -0.15) is 0 Å². The second kappa shape index (κ2) is 4.66. The van der Waals surface area contributed by atoms with Gasteiger partial charge in [0.25, 0.3) is 0 Å².